The summed E-state index contributed by atoms with van der Waals surface area (Å²) in [5.74, 6) is -2.81. The predicted octanol–water partition coefficient (Wildman–Crippen LogP) is -1.75. The molecule has 4 unspecified atom stereocenters. The number of amides is 4. The number of hydrogen-bond acceptors (Lipinski definition) is 8. The van der Waals surface area contributed by atoms with Crippen LogP contribution in [0.2, 0.25) is 0 Å². The number of aliphatic carboxylic acids is 1. The highest BCUT2D eigenvalue weighted by Crippen LogP contribution is 2.04. The van der Waals surface area contributed by atoms with Crippen LogP contribution in [0.3, 0.4) is 0 Å². The van der Waals surface area contributed by atoms with Gasteiger partial charge in [0.15, 0.2) is 0 Å². The van der Waals surface area contributed by atoms with Gasteiger partial charge in [0.1, 0.15) is 18.1 Å². The zero-order chi connectivity index (χ0) is 23.3. The quantitative estimate of drug-likeness (QED) is 0.163. The van der Waals surface area contributed by atoms with Crippen molar-refractivity contribution in [1.82, 2.24) is 16.0 Å². The lowest BCUT2D eigenvalue weighted by molar-refractivity contribution is -0.142. The first kappa shape index (κ1) is 28.0. The van der Waals surface area contributed by atoms with Crippen molar-refractivity contribution >= 4 is 53.1 Å². The summed E-state index contributed by atoms with van der Waals surface area (Å²) in [4.78, 5) is 59.2. The number of rotatable bonds is 15. The summed E-state index contributed by atoms with van der Waals surface area (Å²) in [5.41, 5.74) is 10.6. The van der Waals surface area contributed by atoms with Crippen LogP contribution >= 0.6 is 23.5 Å². The summed E-state index contributed by atoms with van der Waals surface area (Å²) in [6.45, 7) is 1.41. The van der Waals surface area contributed by atoms with Crippen LogP contribution in [0.25, 0.3) is 0 Å². The number of carbonyl (C=O) groups excluding carboxylic acids is 4. The lowest BCUT2D eigenvalue weighted by Gasteiger charge is -2.23. The molecule has 30 heavy (non-hydrogen) atoms. The van der Waals surface area contributed by atoms with E-state index in [1.54, 1.807) is 0 Å². The van der Waals surface area contributed by atoms with Gasteiger partial charge in [-0.05, 0) is 43.8 Å². The Kier molecular flexibility index (Phi) is 13.9. The second-order valence-corrected chi connectivity index (χ2v) is 8.50. The van der Waals surface area contributed by atoms with Gasteiger partial charge < -0.3 is 32.5 Å². The molecular weight excluding hydrogens is 434 g/mol. The molecule has 0 rings (SSSR count). The zero-order valence-electron chi connectivity index (χ0n) is 17.3. The molecule has 0 heterocycles. The lowest BCUT2D eigenvalue weighted by atomic mass is 10.1. The van der Waals surface area contributed by atoms with E-state index in [2.05, 4.69) is 16.0 Å². The van der Waals surface area contributed by atoms with Gasteiger partial charge in [0, 0.05) is 0 Å². The zero-order valence-corrected chi connectivity index (χ0v) is 18.9. The SMILES string of the molecule is CSCCC(NC(=O)C(C)NC(=O)C(CCSC)NC(=O)C(N)CC(N)=O)C(=O)O. The van der Waals surface area contributed by atoms with E-state index >= 15 is 0 Å². The molecule has 0 aliphatic rings. The number of thioether (sulfide) groups is 2. The van der Waals surface area contributed by atoms with Crippen molar-refractivity contribution < 1.29 is 29.1 Å². The third-order valence-electron chi connectivity index (χ3n) is 3.98. The summed E-state index contributed by atoms with van der Waals surface area (Å²) in [6, 6.07) is -4.27. The van der Waals surface area contributed by atoms with Crippen molar-refractivity contribution in [2.45, 2.75) is 50.4 Å². The third kappa shape index (κ3) is 11.3. The molecule has 0 aromatic carbocycles. The lowest BCUT2D eigenvalue weighted by Crippen LogP contribution is -2.56. The minimum atomic E-state index is -1.19. The molecular formula is C17H31N5O6S2. The maximum Gasteiger partial charge on any atom is 0.326 e. The van der Waals surface area contributed by atoms with Crippen molar-refractivity contribution in [2.75, 3.05) is 24.0 Å². The average molecular weight is 466 g/mol. The first-order valence-corrected chi connectivity index (χ1v) is 12.0. The number of carboxylic acid groups (broad SMARTS) is 1. The Morgan fingerprint density at radius 2 is 1.37 bits per heavy atom. The highest BCUT2D eigenvalue weighted by Gasteiger charge is 2.28. The Bertz CT molecular complexity index is 621. The number of carboxylic acids is 1. The van der Waals surface area contributed by atoms with E-state index in [4.69, 9.17) is 11.5 Å². The van der Waals surface area contributed by atoms with E-state index in [0.717, 1.165) is 0 Å². The fourth-order valence-electron chi connectivity index (χ4n) is 2.26. The van der Waals surface area contributed by atoms with Gasteiger partial charge in [0.05, 0.1) is 12.5 Å². The molecule has 0 aromatic heterocycles. The topological polar surface area (TPSA) is 194 Å². The molecule has 0 aliphatic heterocycles. The molecule has 0 radical (unpaired) electrons. The van der Waals surface area contributed by atoms with E-state index < -0.39 is 53.8 Å². The number of primary amides is 1. The van der Waals surface area contributed by atoms with Crippen LogP contribution in [-0.4, -0.2) is 82.9 Å². The normalized spacial score (nSPS) is 14.7. The Morgan fingerprint density at radius 1 is 0.867 bits per heavy atom. The summed E-state index contributed by atoms with van der Waals surface area (Å²) >= 11 is 2.91. The standard InChI is InChI=1S/C17H31N5O6S2/c1-9(14(24)22-12(17(27)28)5-7-30-3)20-16(26)11(4-6-29-2)21-15(25)10(18)8-13(19)23/h9-12H,4-8,18H2,1-3H3,(H2,19,23)(H,20,26)(H,21,25)(H,22,24)(H,27,28). The fourth-order valence-corrected chi connectivity index (χ4v) is 3.20. The van der Waals surface area contributed by atoms with Crippen molar-refractivity contribution in [3.63, 3.8) is 0 Å². The average Bonchev–Trinajstić information content (AvgIpc) is 2.66. The third-order valence-corrected chi connectivity index (χ3v) is 5.27. The van der Waals surface area contributed by atoms with Gasteiger partial charge in [0.2, 0.25) is 23.6 Å². The van der Waals surface area contributed by atoms with Gasteiger partial charge >= 0.3 is 5.97 Å². The van der Waals surface area contributed by atoms with E-state index in [-0.39, 0.29) is 19.3 Å². The molecule has 0 saturated heterocycles. The maximum atomic E-state index is 12.6. The van der Waals surface area contributed by atoms with Gasteiger partial charge in [-0.25, -0.2) is 4.79 Å². The van der Waals surface area contributed by atoms with E-state index in [1.807, 2.05) is 12.5 Å². The van der Waals surface area contributed by atoms with E-state index in [0.29, 0.717) is 11.5 Å². The molecule has 0 aromatic rings. The van der Waals surface area contributed by atoms with Gasteiger partial charge in [0.25, 0.3) is 0 Å². The predicted molar refractivity (Wildman–Crippen MR) is 117 cm³/mol. The summed E-state index contributed by atoms with van der Waals surface area (Å²) in [7, 11) is 0. The summed E-state index contributed by atoms with van der Waals surface area (Å²) < 4.78 is 0. The molecule has 0 spiro atoms. The molecule has 4 atom stereocenters. The minimum Gasteiger partial charge on any atom is -0.480 e. The highest BCUT2D eigenvalue weighted by atomic mass is 32.2. The number of nitrogens with one attached hydrogen (secondary N) is 3. The van der Waals surface area contributed by atoms with Crippen LogP contribution in [0.1, 0.15) is 26.2 Å². The first-order valence-electron chi connectivity index (χ1n) is 9.19. The molecule has 172 valence electrons. The molecule has 13 heteroatoms. The number of nitrogens with two attached hydrogens (primary N) is 2. The summed E-state index contributed by atoms with van der Waals surface area (Å²) in [5, 5.41) is 16.5. The van der Waals surface area contributed by atoms with Gasteiger partial charge in [-0.2, -0.15) is 23.5 Å². The van der Waals surface area contributed by atoms with Crippen LogP contribution in [0.5, 0.6) is 0 Å². The monoisotopic (exact) mass is 465 g/mol. The largest absolute Gasteiger partial charge is 0.480 e. The Balaban J connectivity index is 4.98. The molecule has 4 amide bonds. The van der Waals surface area contributed by atoms with Crippen LogP contribution in [-0.2, 0) is 24.0 Å². The smallest absolute Gasteiger partial charge is 0.326 e. The van der Waals surface area contributed by atoms with Gasteiger partial charge in [-0.3, -0.25) is 19.2 Å². The molecule has 8 N–H and O–H groups in total. The second kappa shape index (κ2) is 14.9. The molecule has 0 fully saturated rings. The van der Waals surface area contributed by atoms with Crippen LogP contribution in [0, 0.1) is 0 Å². The molecule has 0 bridgehead atoms. The minimum absolute atomic E-state index is 0.243. The molecule has 0 aliphatic carbocycles. The van der Waals surface area contributed by atoms with Crippen LogP contribution in [0.4, 0.5) is 0 Å². The van der Waals surface area contributed by atoms with E-state index in [9.17, 15) is 29.1 Å². The Labute approximate surface area is 184 Å². The Hall–Kier alpha value is -1.99. The molecule has 11 nitrogen and oxygen atoms in total. The van der Waals surface area contributed by atoms with Gasteiger partial charge in [-0.15, -0.1) is 0 Å². The van der Waals surface area contributed by atoms with Crippen LogP contribution in [0.15, 0.2) is 0 Å². The van der Waals surface area contributed by atoms with E-state index in [1.165, 1.54) is 30.4 Å². The van der Waals surface area contributed by atoms with Crippen molar-refractivity contribution in [2.24, 2.45) is 11.5 Å². The fraction of sp³-hybridized carbons (Fsp3) is 0.706. The second-order valence-electron chi connectivity index (χ2n) is 6.53. The number of carbonyl (C=O) groups is 5. The van der Waals surface area contributed by atoms with Crippen molar-refractivity contribution in [3.8, 4) is 0 Å². The van der Waals surface area contributed by atoms with Crippen LogP contribution < -0.4 is 27.4 Å². The Morgan fingerprint density at radius 3 is 1.83 bits per heavy atom. The van der Waals surface area contributed by atoms with Crippen molar-refractivity contribution in [1.29, 1.82) is 0 Å². The number of hydrogen-bond donors (Lipinski definition) is 6. The molecule has 0 saturated carbocycles. The summed E-state index contributed by atoms with van der Waals surface area (Å²) in [6.07, 6.45) is 3.79. The van der Waals surface area contributed by atoms with Crippen molar-refractivity contribution in [3.05, 3.63) is 0 Å². The highest BCUT2D eigenvalue weighted by molar-refractivity contribution is 7.98. The maximum absolute atomic E-state index is 12.6. The van der Waals surface area contributed by atoms with Gasteiger partial charge in [-0.1, -0.05) is 0 Å². The first-order chi connectivity index (χ1) is 14.0.